The Morgan fingerprint density at radius 3 is 2.94 bits per heavy atom. The highest BCUT2D eigenvalue weighted by atomic mass is 16.5. The minimum Gasteiger partial charge on any atom is -0.378 e. The van der Waals surface area contributed by atoms with E-state index in [9.17, 15) is 4.79 Å². The highest BCUT2D eigenvalue weighted by Crippen LogP contribution is 2.16. The first kappa shape index (κ1) is 13.8. The molecule has 2 rings (SSSR count). The molecule has 2 saturated heterocycles. The number of hydrogen-bond donors (Lipinski definition) is 2. The molecule has 0 aliphatic carbocycles. The van der Waals surface area contributed by atoms with Crippen LogP contribution < -0.4 is 10.6 Å². The van der Waals surface area contributed by atoms with Gasteiger partial charge in [-0.05, 0) is 57.5 Å². The van der Waals surface area contributed by atoms with E-state index in [0.29, 0.717) is 6.42 Å². The predicted molar refractivity (Wildman–Crippen MR) is 71.4 cm³/mol. The van der Waals surface area contributed by atoms with Gasteiger partial charge in [-0.2, -0.15) is 0 Å². The lowest BCUT2D eigenvalue weighted by atomic mass is 9.96. The molecule has 0 spiro atoms. The first-order valence-electron chi connectivity index (χ1n) is 7.43. The first-order chi connectivity index (χ1) is 8.84. The van der Waals surface area contributed by atoms with Gasteiger partial charge in [-0.15, -0.1) is 0 Å². The van der Waals surface area contributed by atoms with Crippen molar-refractivity contribution in [3.8, 4) is 0 Å². The zero-order chi connectivity index (χ0) is 12.6. The monoisotopic (exact) mass is 254 g/mol. The molecule has 2 aliphatic rings. The van der Waals surface area contributed by atoms with Gasteiger partial charge in [0, 0.05) is 13.2 Å². The Morgan fingerprint density at radius 1 is 1.28 bits per heavy atom. The van der Waals surface area contributed by atoms with E-state index in [1.54, 1.807) is 0 Å². The van der Waals surface area contributed by atoms with E-state index >= 15 is 0 Å². The summed E-state index contributed by atoms with van der Waals surface area (Å²) in [7, 11) is 0. The van der Waals surface area contributed by atoms with Crippen LogP contribution >= 0.6 is 0 Å². The van der Waals surface area contributed by atoms with E-state index in [1.807, 2.05) is 0 Å². The Balaban J connectivity index is 1.53. The van der Waals surface area contributed by atoms with Crippen LogP contribution in [0.3, 0.4) is 0 Å². The summed E-state index contributed by atoms with van der Waals surface area (Å²) in [4.78, 5) is 11.7. The molecule has 4 heteroatoms. The second-order valence-electron chi connectivity index (χ2n) is 5.54. The van der Waals surface area contributed by atoms with Gasteiger partial charge in [-0.25, -0.2) is 0 Å². The summed E-state index contributed by atoms with van der Waals surface area (Å²) in [6, 6.07) is 0. The second kappa shape index (κ2) is 7.74. The third kappa shape index (κ3) is 4.94. The summed E-state index contributed by atoms with van der Waals surface area (Å²) in [5.74, 6) is 0.899. The molecule has 0 bridgehead atoms. The van der Waals surface area contributed by atoms with E-state index < -0.39 is 0 Å². The maximum Gasteiger partial charge on any atom is 0.222 e. The number of carbonyl (C=O) groups is 1. The van der Waals surface area contributed by atoms with Crippen LogP contribution in [0.25, 0.3) is 0 Å². The van der Waals surface area contributed by atoms with Crippen molar-refractivity contribution in [3.63, 3.8) is 0 Å². The molecule has 2 fully saturated rings. The number of ether oxygens (including phenoxy) is 1. The van der Waals surface area contributed by atoms with Gasteiger partial charge in [0.1, 0.15) is 0 Å². The molecule has 18 heavy (non-hydrogen) atoms. The Kier molecular flexibility index (Phi) is 5.94. The van der Waals surface area contributed by atoms with E-state index in [-0.39, 0.29) is 12.0 Å². The molecule has 2 N–H and O–H groups in total. The standard InChI is InChI=1S/C14H26N2O2/c17-14(10-13-5-1-2-9-18-13)16-8-6-12-4-3-7-15-11-12/h12-13,15H,1-11H2,(H,16,17). The Bertz CT molecular complexity index is 246. The minimum atomic E-state index is 0.158. The number of carbonyl (C=O) groups excluding carboxylic acids is 1. The largest absolute Gasteiger partial charge is 0.378 e. The number of piperidine rings is 1. The summed E-state index contributed by atoms with van der Waals surface area (Å²) in [5.41, 5.74) is 0. The van der Waals surface area contributed by atoms with Gasteiger partial charge in [-0.3, -0.25) is 4.79 Å². The number of hydrogen-bond acceptors (Lipinski definition) is 3. The van der Waals surface area contributed by atoms with E-state index in [0.717, 1.165) is 51.4 Å². The molecule has 1 amide bonds. The van der Waals surface area contributed by atoms with Crippen LogP contribution in [0.1, 0.15) is 44.9 Å². The molecule has 104 valence electrons. The van der Waals surface area contributed by atoms with Gasteiger partial charge in [0.25, 0.3) is 0 Å². The normalized spacial score (nSPS) is 28.9. The van der Waals surface area contributed by atoms with Crippen molar-refractivity contribution in [3.05, 3.63) is 0 Å². The van der Waals surface area contributed by atoms with Gasteiger partial charge >= 0.3 is 0 Å². The topological polar surface area (TPSA) is 50.4 Å². The number of amides is 1. The third-order valence-electron chi connectivity index (χ3n) is 3.96. The smallest absolute Gasteiger partial charge is 0.222 e. The molecule has 0 radical (unpaired) electrons. The summed E-state index contributed by atoms with van der Waals surface area (Å²) in [5, 5.41) is 6.44. The molecule has 2 unspecified atom stereocenters. The molecule has 0 aromatic heterocycles. The molecular weight excluding hydrogens is 228 g/mol. The molecule has 0 aromatic carbocycles. The van der Waals surface area contributed by atoms with Crippen LogP contribution in [0.5, 0.6) is 0 Å². The van der Waals surface area contributed by atoms with Crippen molar-refractivity contribution in [2.45, 2.75) is 51.0 Å². The number of nitrogens with one attached hydrogen (secondary N) is 2. The average Bonchev–Trinajstić information content (AvgIpc) is 2.41. The summed E-state index contributed by atoms with van der Waals surface area (Å²) in [6.45, 7) is 3.91. The van der Waals surface area contributed by atoms with Crippen molar-refractivity contribution in [1.29, 1.82) is 0 Å². The van der Waals surface area contributed by atoms with Gasteiger partial charge in [0.15, 0.2) is 0 Å². The van der Waals surface area contributed by atoms with Crippen LogP contribution in [0, 0.1) is 5.92 Å². The minimum absolute atomic E-state index is 0.158. The average molecular weight is 254 g/mol. The predicted octanol–water partition coefficient (Wildman–Crippen LogP) is 1.45. The van der Waals surface area contributed by atoms with Crippen LogP contribution in [0.15, 0.2) is 0 Å². The van der Waals surface area contributed by atoms with Crippen LogP contribution in [0.4, 0.5) is 0 Å². The van der Waals surface area contributed by atoms with Crippen molar-refractivity contribution in [1.82, 2.24) is 10.6 Å². The Morgan fingerprint density at radius 2 is 2.22 bits per heavy atom. The van der Waals surface area contributed by atoms with Gasteiger partial charge in [0.05, 0.1) is 12.5 Å². The zero-order valence-corrected chi connectivity index (χ0v) is 11.2. The lowest BCUT2D eigenvalue weighted by molar-refractivity contribution is -0.124. The fraction of sp³-hybridized carbons (Fsp3) is 0.929. The van der Waals surface area contributed by atoms with E-state index in [2.05, 4.69) is 10.6 Å². The van der Waals surface area contributed by atoms with Crippen LogP contribution in [-0.2, 0) is 9.53 Å². The molecular formula is C14H26N2O2. The molecule has 0 saturated carbocycles. The van der Waals surface area contributed by atoms with Crippen molar-refractivity contribution >= 4 is 5.91 Å². The van der Waals surface area contributed by atoms with Crippen LogP contribution in [-0.4, -0.2) is 38.3 Å². The third-order valence-corrected chi connectivity index (χ3v) is 3.96. The zero-order valence-electron chi connectivity index (χ0n) is 11.2. The fourth-order valence-electron chi connectivity index (χ4n) is 2.83. The second-order valence-corrected chi connectivity index (χ2v) is 5.54. The quantitative estimate of drug-likeness (QED) is 0.781. The maximum absolute atomic E-state index is 11.7. The molecule has 4 nitrogen and oxygen atoms in total. The molecule has 2 heterocycles. The molecule has 2 atom stereocenters. The van der Waals surface area contributed by atoms with Gasteiger partial charge in [0.2, 0.25) is 5.91 Å². The van der Waals surface area contributed by atoms with Crippen molar-refractivity contribution in [2.75, 3.05) is 26.2 Å². The maximum atomic E-state index is 11.7. The lowest BCUT2D eigenvalue weighted by Gasteiger charge is -2.24. The Hall–Kier alpha value is -0.610. The molecule has 2 aliphatic heterocycles. The highest BCUT2D eigenvalue weighted by Gasteiger charge is 2.18. The fourth-order valence-corrected chi connectivity index (χ4v) is 2.83. The summed E-state index contributed by atoms with van der Waals surface area (Å²) < 4.78 is 5.57. The summed E-state index contributed by atoms with van der Waals surface area (Å²) >= 11 is 0. The SMILES string of the molecule is O=C(CC1CCCCO1)NCCC1CCCNC1. The van der Waals surface area contributed by atoms with Crippen LogP contribution in [0.2, 0.25) is 0 Å². The first-order valence-corrected chi connectivity index (χ1v) is 7.43. The molecule has 0 aromatic rings. The van der Waals surface area contributed by atoms with E-state index in [1.165, 1.54) is 19.3 Å². The van der Waals surface area contributed by atoms with E-state index in [4.69, 9.17) is 4.74 Å². The van der Waals surface area contributed by atoms with Crippen molar-refractivity contribution in [2.24, 2.45) is 5.92 Å². The van der Waals surface area contributed by atoms with Gasteiger partial charge < -0.3 is 15.4 Å². The van der Waals surface area contributed by atoms with Gasteiger partial charge in [-0.1, -0.05) is 0 Å². The Labute approximate surface area is 110 Å². The van der Waals surface area contributed by atoms with Crippen molar-refractivity contribution < 1.29 is 9.53 Å². The lowest BCUT2D eigenvalue weighted by Crippen LogP contribution is -2.34. The highest BCUT2D eigenvalue weighted by molar-refractivity contribution is 5.76. The summed E-state index contributed by atoms with van der Waals surface area (Å²) in [6.07, 6.45) is 7.77. The number of rotatable bonds is 5.